The Kier molecular flexibility index (Phi) is 5.24. The van der Waals surface area contributed by atoms with Crippen LogP contribution in [-0.4, -0.2) is 40.8 Å². The van der Waals surface area contributed by atoms with Crippen LogP contribution in [0.3, 0.4) is 0 Å². The minimum absolute atomic E-state index is 0.197. The molecule has 0 unspecified atom stereocenters. The molecule has 2 aromatic rings. The van der Waals surface area contributed by atoms with Crippen molar-refractivity contribution in [1.29, 1.82) is 0 Å². The van der Waals surface area contributed by atoms with E-state index in [0.717, 1.165) is 0 Å². The Balaban J connectivity index is 1.97. The summed E-state index contributed by atoms with van der Waals surface area (Å²) < 4.78 is 19.4. The van der Waals surface area contributed by atoms with E-state index >= 15 is 0 Å². The van der Waals surface area contributed by atoms with Crippen LogP contribution in [0.4, 0.5) is 10.1 Å². The first-order chi connectivity index (χ1) is 14.8. The monoisotopic (exact) mass is 425 g/mol. The van der Waals surface area contributed by atoms with Gasteiger partial charge in [-0.3, -0.25) is 19.4 Å². The summed E-state index contributed by atoms with van der Waals surface area (Å²) in [4.78, 5) is 45.6. The van der Waals surface area contributed by atoms with Crippen molar-refractivity contribution in [3.05, 3.63) is 59.7 Å². The Hall–Kier alpha value is -3.29. The zero-order valence-corrected chi connectivity index (χ0v) is 17.6. The van der Waals surface area contributed by atoms with Crippen LogP contribution >= 0.6 is 0 Å². The summed E-state index contributed by atoms with van der Waals surface area (Å²) in [7, 11) is 1.25. The van der Waals surface area contributed by atoms with E-state index in [1.54, 1.807) is 12.1 Å². The predicted molar refractivity (Wildman–Crippen MR) is 110 cm³/mol. The third kappa shape index (κ3) is 3.17. The van der Waals surface area contributed by atoms with Crippen molar-refractivity contribution in [2.45, 2.75) is 38.3 Å². The van der Waals surface area contributed by atoms with E-state index in [1.165, 1.54) is 42.6 Å². The molecular weight excluding hydrogens is 401 g/mol. The van der Waals surface area contributed by atoms with Gasteiger partial charge < -0.3 is 15.0 Å². The summed E-state index contributed by atoms with van der Waals surface area (Å²) in [6.45, 7) is 4.02. The van der Waals surface area contributed by atoms with E-state index in [-0.39, 0.29) is 17.9 Å². The van der Waals surface area contributed by atoms with Gasteiger partial charge in [-0.25, -0.2) is 4.39 Å². The first-order valence-corrected chi connectivity index (χ1v) is 10.2. The third-order valence-corrected chi connectivity index (χ3v) is 6.12. The van der Waals surface area contributed by atoms with Crippen molar-refractivity contribution in [3.63, 3.8) is 0 Å². The second-order valence-corrected chi connectivity index (χ2v) is 8.42. The number of amides is 2. The summed E-state index contributed by atoms with van der Waals surface area (Å²) in [5, 5.41) is 2.76. The van der Waals surface area contributed by atoms with Crippen LogP contribution in [0.1, 0.15) is 42.6 Å². The number of carbonyl (C=O) groups excluding carboxylic acids is 3. The molecule has 1 N–H and O–H groups in total. The van der Waals surface area contributed by atoms with E-state index < -0.39 is 41.1 Å². The highest BCUT2D eigenvalue weighted by Gasteiger charge is 2.66. The molecule has 0 radical (unpaired) electrons. The molecule has 1 fully saturated rings. The van der Waals surface area contributed by atoms with Gasteiger partial charge in [0, 0.05) is 35.2 Å². The maximum Gasteiger partial charge on any atom is 0.312 e. The minimum atomic E-state index is -1.69. The van der Waals surface area contributed by atoms with Gasteiger partial charge in [-0.1, -0.05) is 13.8 Å². The van der Waals surface area contributed by atoms with Gasteiger partial charge in [-0.2, -0.15) is 0 Å². The molecule has 2 aliphatic rings. The molecule has 162 valence electrons. The number of hydrogen-bond donors (Lipinski definition) is 1. The smallest absolute Gasteiger partial charge is 0.312 e. The van der Waals surface area contributed by atoms with Crippen LogP contribution in [0, 0.1) is 17.7 Å². The van der Waals surface area contributed by atoms with E-state index in [2.05, 4.69) is 10.3 Å². The van der Waals surface area contributed by atoms with Crippen molar-refractivity contribution >= 4 is 23.5 Å². The molecule has 0 saturated carbocycles. The van der Waals surface area contributed by atoms with Crippen LogP contribution < -0.4 is 5.32 Å². The highest BCUT2D eigenvalue weighted by Crippen LogP contribution is 2.54. The molecule has 1 aromatic heterocycles. The number of likely N-dealkylation sites (tertiary alicyclic amines) is 1. The van der Waals surface area contributed by atoms with Crippen LogP contribution in [0.5, 0.6) is 0 Å². The summed E-state index contributed by atoms with van der Waals surface area (Å²) in [5.41, 5.74) is -0.685. The number of methoxy groups -OCH3 is 1. The highest BCUT2D eigenvalue weighted by molar-refractivity contribution is 6.12. The topological polar surface area (TPSA) is 88.6 Å². The fourth-order valence-electron chi connectivity index (χ4n) is 4.98. The standard InChI is InChI=1S/C23H24FN3O4/c1-13(2)10-16-12-18(21(29)31-3)23(27(16)20(28)14-6-8-25-9-7-14)17-11-15(24)4-5-19(17)26-22(23)30/h4-9,11,13,16,18H,10,12H2,1-3H3,(H,26,30)/t16-,18-,23+/m0/s1. The van der Waals surface area contributed by atoms with Gasteiger partial charge in [0.15, 0.2) is 5.54 Å². The number of nitrogens with one attached hydrogen (secondary N) is 1. The van der Waals surface area contributed by atoms with Gasteiger partial charge in [-0.05, 0) is 49.1 Å². The number of anilines is 1. The highest BCUT2D eigenvalue weighted by atomic mass is 19.1. The van der Waals surface area contributed by atoms with E-state index in [9.17, 15) is 18.8 Å². The molecular formula is C23H24FN3O4. The van der Waals surface area contributed by atoms with Crippen molar-refractivity contribution in [1.82, 2.24) is 9.88 Å². The molecule has 3 atom stereocenters. The van der Waals surface area contributed by atoms with Gasteiger partial charge in [0.2, 0.25) is 0 Å². The predicted octanol–water partition coefficient (Wildman–Crippen LogP) is 3.12. The molecule has 1 saturated heterocycles. The zero-order chi connectivity index (χ0) is 22.3. The van der Waals surface area contributed by atoms with Crippen molar-refractivity contribution < 1.29 is 23.5 Å². The normalized spacial score (nSPS) is 24.4. The van der Waals surface area contributed by atoms with Gasteiger partial charge in [0.1, 0.15) is 5.82 Å². The van der Waals surface area contributed by atoms with Crippen LogP contribution in [0.25, 0.3) is 0 Å². The lowest BCUT2D eigenvalue weighted by Crippen LogP contribution is -2.56. The molecule has 0 bridgehead atoms. The number of nitrogens with zero attached hydrogens (tertiary/aromatic N) is 2. The summed E-state index contributed by atoms with van der Waals surface area (Å²) in [6.07, 6.45) is 3.80. The van der Waals surface area contributed by atoms with Crippen molar-refractivity contribution in [2.75, 3.05) is 12.4 Å². The Morgan fingerprint density at radius 3 is 2.65 bits per heavy atom. The lowest BCUT2D eigenvalue weighted by Gasteiger charge is -2.39. The number of hydrogen-bond acceptors (Lipinski definition) is 5. The fourth-order valence-corrected chi connectivity index (χ4v) is 4.98. The van der Waals surface area contributed by atoms with E-state index in [4.69, 9.17) is 4.74 Å². The number of aromatic nitrogens is 1. The number of carbonyl (C=O) groups is 3. The number of pyridine rings is 1. The first-order valence-electron chi connectivity index (χ1n) is 10.2. The van der Waals surface area contributed by atoms with Crippen LogP contribution in [0.2, 0.25) is 0 Å². The molecule has 1 spiro atoms. The van der Waals surface area contributed by atoms with Gasteiger partial charge in [0.25, 0.3) is 11.8 Å². The molecule has 2 aliphatic heterocycles. The minimum Gasteiger partial charge on any atom is -0.469 e. The maximum atomic E-state index is 14.3. The van der Waals surface area contributed by atoms with Crippen LogP contribution in [-0.2, 0) is 19.9 Å². The second kappa shape index (κ2) is 7.76. The molecule has 1 aromatic carbocycles. The lowest BCUT2D eigenvalue weighted by atomic mass is 9.79. The van der Waals surface area contributed by atoms with Crippen LogP contribution in [0.15, 0.2) is 42.7 Å². The number of esters is 1. The van der Waals surface area contributed by atoms with Crippen molar-refractivity contribution in [3.8, 4) is 0 Å². The number of ether oxygens (including phenoxy) is 1. The average molecular weight is 425 g/mol. The molecule has 7 nitrogen and oxygen atoms in total. The second-order valence-electron chi connectivity index (χ2n) is 8.42. The summed E-state index contributed by atoms with van der Waals surface area (Å²) in [6, 6.07) is 6.64. The number of fused-ring (bicyclic) bond motifs is 2. The zero-order valence-electron chi connectivity index (χ0n) is 17.6. The van der Waals surface area contributed by atoms with Gasteiger partial charge in [0.05, 0.1) is 13.0 Å². The number of rotatable bonds is 4. The molecule has 8 heteroatoms. The number of benzene rings is 1. The average Bonchev–Trinajstić information content (AvgIpc) is 3.23. The summed E-state index contributed by atoms with van der Waals surface area (Å²) >= 11 is 0. The SMILES string of the molecule is COC(=O)[C@@H]1C[C@H](CC(C)C)N(C(=O)c2ccncc2)[C@@]12C(=O)Nc1ccc(F)cc12. The largest absolute Gasteiger partial charge is 0.469 e. The molecule has 4 rings (SSSR count). The first kappa shape index (κ1) is 21.0. The van der Waals surface area contributed by atoms with Gasteiger partial charge >= 0.3 is 5.97 Å². The number of halogens is 1. The maximum absolute atomic E-state index is 14.3. The third-order valence-electron chi connectivity index (χ3n) is 6.12. The van der Waals surface area contributed by atoms with E-state index in [0.29, 0.717) is 17.7 Å². The molecule has 3 heterocycles. The Labute approximate surface area is 179 Å². The Morgan fingerprint density at radius 1 is 1.29 bits per heavy atom. The lowest BCUT2D eigenvalue weighted by molar-refractivity contribution is -0.151. The molecule has 0 aliphatic carbocycles. The summed E-state index contributed by atoms with van der Waals surface area (Å²) in [5.74, 6) is -2.87. The molecule has 2 amide bonds. The Bertz CT molecular complexity index is 1040. The van der Waals surface area contributed by atoms with E-state index in [1.807, 2.05) is 13.8 Å². The quantitative estimate of drug-likeness (QED) is 0.761. The molecule has 31 heavy (non-hydrogen) atoms. The van der Waals surface area contributed by atoms with Crippen molar-refractivity contribution in [2.24, 2.45) is 11.8 Å². The Morgan fingerprint density at radius 2 is 2.00 bits per heavy atom. The fraction of sp³-hybridized carbons (Fsp3) is 0.391. The van der Waals surface area contributed by atoms with Gasteiger partial charge in [-0.15, -0.1) is 0 Å².